The smallest absolute Gasteiger partial charge is 0.262 e. The Bertz CT molecular complexity index is 973. The zero-order valence-electron chi connectivity index (χ0n) is 17.1. The zero-order chi connectivity index (χ0) is 22.1. The molecule has 0 bridgehead atoms. The topological polar surface area (TPSA) is 91.2 Å². The maximum atomic E-state index is 12.9. The standard InChI is InChI=1S/C24H24FN3O3/c25-19-8-10-21(11-9-19)27-23(29)16-31-22-12-6-17(7-13-22)14-18(15-26)24(30)28-20-4-2-1-3-5-20/h6-14,20H,1-5,16H2,(H,27,29)(H,28,30)/b18-14+. The summed E-state index contributed by atoms with van der Waals surface area (Å²) in [5.74, 6) is -0.639. The minimum Gasteiger partial charge on any atom is -0.484 e. The lowest BCUT2D eigenvalue weighted by Crippen LogP contribution is -2.36. The van der Waals surface area contributed by atoms with Gasteiger partial charge < -0.3 is 15.4 Å². The van der Waals surface area contributed by atoms with Gasteiger partial charge in [-0.1, -0.05) is 31.4 Å². The summed E-state index contributed by atoms with van der Waals surface area (Å²) in [5.41, 5.74) is 1.21. The van der Waals surface area contributed by atoms with E-state index in [1.165, 1.54) is 36.8 Å². The fourth-order valence-corrected chi connectivity index (χ4v) is 3.36. The van der Waals surface area contributed by atoms with Crippen molar-refractivity contribution in [1.29, 1.82) is 5.26 Å². The number of nitrogens with zero attached hydrogens (tertiary/aromatic N) is 1. The van der Waals surface area contributed by atoms with E-state index in [1.807, 2.05) is 6.07 Å². The van der Waals surface area contributed by atoms with E-state index in [9.17, 15) is 19.2 Å². The minimum atomic E-state index is -0.380. The van der Waals surface area contributed by atoms with Crippen molar-refractivity contribution in [2.75, 3.05) is 11.9 Å². The molecule has 0 radical (unpaired) electrons. The summed E-state index contributed by atoms with van der Waals surface area (Å²) in [5, 5.41) is 14.9. The van der Waals surface area contributed by atoms with Gasteiger partial charge in [-0.3, -0.25) is 9.59 Å². The maximum Gasteiger partial charge on any atom is 0.262 e. The van der Waals surface area contributed by atoms with Gasteiger partial charge in [-0.15, -0.1) is 0 Å². The lowest BCUT2D eigenvalue weighted by Gasteiger charge is -2.22. The highest BCUT2D eigenvalue weighted by atomic mass is 19.1. The van der Waals surface area contributed by atoms with E-state index in [-0.39, 0.29) is 35.9 Å². The first-order chi connectivity index (χ1) is 15.0. The van der Waals surface area contributed by atoms with Gasteiger partial charge in [0.15, 0.2) is 6.61 Å². The third-order valence-corrected chi connectivity index (χ3v) is 4.99. The second-order valence-corrected chi connectivity index (χ2v) is 7.39. The number of carbonyl (C=O) groups excluding carboxylic acids is 2. The molecule has 2 amide bonds. The molecule has 0 saturated heterocycles. The van der Waals surface area contributed by atoms with E-state index < -0.39 is 0 Å². The van der Waals surface area contributed by atoms with E-state index >= 15 is 0 Å². The van der Waals surface area contributed by atoms with Crippen molar-refractivity contribution in [2.24, 2.45) is 0 Å². The second-order valence-electron chi connectivity index (χ2n) is 7.39. The quantitative estimate of drug-likeness (QED) is 0.518. The van der Waals surface area contributed by atoms with Crippen LogP contribution in [0.1, 0.15) is 37.7 Å². The van der Waals surface area contributed by atoms with Crippen LogP contribution in [0.5, 0.6) is 5.75 Å². The Morgan fingerprint density at radius 2 is 1.74 bits per heavy atom. The largest absolute Gasteiger partial charge is 0.484 e. The molecule has 1 fully saturated rings. The molecule has 7 heteroatoms. The monoisotopic (exact) mass is 421 g/mol. The molecule has 2 aromatic rings. The zero-order valence-corrected chi connectivity index (χ0v) is 17.1. The Morgan fingerprint density at radius 1 is 1.06 bits per heavy atom. The van der Waals surface area contributed by atoms with Crippen LogP contribution in [0.2, 0.25) is 0 Å². The summed E-state index contributed by atoms with van der Waals surface area (Å²) < 4.78 is 18.3. The molecule has 0 spiro atoms. The predicted octanol–water partition coefficient (Wildman–Crippen LogP) is 4.20. The number of nitriles is 1. The van der Waals surface area contributed by atoms with Crippen molar-refractivity contribution in [3.8, 4) is 11.8 Å². The summed E-state index contributed by atoms with van der Waals surface area (Å²) in [4.78, 5) is 24.3. The second kappa shape index (κ2) is 10.9. The van der Waals surface area contributed by atoms with Gasteiger partial charge >= 0.3 is 0 Å². The number of hydrogen-bond acceptors (Lipinski definition) is 4. The van der Waals surface area contributed by atoms with Crippen LogP contribution in [0.3, 0.4) is 0 Å². The molecule has 0 unspecified atom stereocenters. The molecule has 6 nitrogen and oxygen atoms in total. The molecule has 2 N–H and O–H groups in total. The highest BCUT2D eigenvalue weighted by molar-refractivity contribution is 6.01. The molecular formula is C24H24FN3O3. The molecule has 3 rings (SSSR count). The highest BCUT2D eigenvalue weighted by Crippen LogP contribution is 2.19. The van der Waals surface area contributed by atoms with Crippen molar-refractivity contribution in [3.63, 3.8) is 0 Å². The van der Waals surface area contributed by atoms with Gasteiger partial charge in [-0.05, 0) is 60.9 Å². The van der Waals surface area contributed by atoms with Gasteiger partial charge in [0, 0.05) is 11.7 Å². The number of halogens is 1. The van der Waals surface area contributed by atoms with Gasteiger partial charge in [-0.25, -0.2) is 4.39 Å². The Kier molecular flexibility index (Phi) is 7.77. The van der Waals surface area contributed by atoms with Crippen molar-refractivity contribution in [2.45, 2.75) is 38.1 Å². The molecule has 31 heavy (non-hydrogen) atoms. The van der Waals surface area contributed by atoms with Gasteiger partial charge in [-0.2, -0.15) is 5.26 Å². The number of rotatable bonds is 7. The van der Waals surface area contributed by atoms with E-state index in [4.69, 9.17) is 4.74 Å². The van der Waals surface area contributed by atoms with Crippen molar-refractivity contribution in [1.82, 2.24) is 5.32 Å². The van der Waals surface area contributed by atoms with Crippen LogP contribution in [0.15, 0.2) is 54.1 Å². The van der Waals surface area contributed by atoms with Gasteiger partial charge in [0.2, 0.25) is 0 Å². The number of ether oxygens (including phenoxy) is 1. The first-order valence-corrected chi connectivity index (χ1v) is 10.2. The molecular weight excluding hydrogens is 397 g/mol. The molecule has 1 aliphatic carbocycles. The first-order valence-electron chi connectivity index (χ1n) is 10.2. The number of anilines is 1. The number of amides is 2. The summed E-state index contributed by atoms with van der Waals surface area (Å²) in [7, 11) is 0. The van der Waals surface area contributed by atoms with Crippen LogP contribution in [0.4, 0.5) is 10.1 Å². The van der Waals surface area contributed by atoms with Crippen LogP contribution < -0.4 is 15.4 Å². The fraction of sp³-hybridized carbons (Fsp3) is 0.292. The molecule has 0 atom stereocenters. The van der Waals surface area contributed by atoms with E-state index in [0.717, 1.165) is 25.7 Å². The molecule has 0 heterocycles. The number of nitrogens with one attached hydrogen (secondary N) is 2. The van der Waals surface area contributed by atoms with Crippen LogP contribution in [0, 0.1) is 17.1 Å². The van der Waals surface area contributed by atoms with Crippen LogP contribution in [-0.4, -0.2) is 24.5 Å². The van der Waals surface area contributed by atoms with E-state index in [1.54, 1.807) is 24.3 Å². The van der Waals surface area contributed by atoms with Gasteiger partial charge in [0.1, 0.15) is 23.2 Å². The van der Waals surface area contributed by atoms with Crippen LogP contribution >= 0.6 is 0 Å². The van der Waals surface area contributed by atoms with Crippen molar-refractivity contribution < 1.29 is 18.7 Å². The normalized spacial score (nSPS) is 14.4. The fourth-order valence-electron chi connectivity index (χ4n) is 3.36. The van der Waals surface area contributed by atoms with Crippen molar-refractivity contribution >= 4 is 23.6 Å². The summed E-state index contributed by atoms with van der Waals surface area (Å²) in [6.07, 6.45) is 6.81. The van der Waals surface area contributed by atoms with Crippen LogP contribution in [-0.2, 0) is 9.59 Å². The Labute approximate surface area is 180 Å². The van der Waals surface area contributed by atoms with Gasteiger partial charge in [0.05, 0.1) is 0 Å². The third-order valence-electron chi connectivity index (χ3n) is 4.99. The average Bonchev–Trinajstić information content (AvgIpc) is 2.79. The number of benzene rings is 2. The number of carbonyl (C=O) groups is 2. The Balaban J connectivity index is 1.52. The molecule has 1 aliphatic rings. The van der Waals surface area contributed by atoms with Crippen molar-refractivity contribution in [3.05, 3.63) is 65.5 Å². The first kappa shape index (κ1) is 22.0. The molecule has 1 saturated carbocycles. The third kappa shape index (κ3) is 6.96. The summed E-state index contributed by atoms with van der Waals surface area (Å²) >= 11 is 0. The minimum absolute atomic E-state index is 0.0536. The Morgan fingerprint density at radius 3 is 2.39 bits per heavy atom. The number of hydrogen-bond donors (Lipinski definition) is 2. The average molecular weight is 421 g/mol. The lowest BCUT2D eigenvalue weighted by atomic mass is 9.95. The molecule has 2 aromatic carbocycles. The molecule has 0 aromatic heterocycles. The lowest BCUT2D eigenvalue weighted by molar-refractivity contribution is -0.118. The van der Waals surface area contributed by atoms with Gasteiger partial charge in [0.25, 0.3) is 11.8 Å². The summed E-state index contributed by atoms with van der Waals surface area (Å²) in [6, 6.07) is 14.3. The highest BCUT2D eigenvalue weighted by Gasteiger charge is 2.18. The predicted molar refractivity (Wildman–Crippen MR) is 116 cm³/mol. The Hall–Kier alpha value is -3.66. The summed E-state index contributed by atoms with van der Waals surface area (Å²) in [6.45, 7) is -0.209. The SMILES string of the molecule is N#C/C(=C\c1ccc(OCC(=O)Nc2ccc(F)cc2)cc1)C(=O)NC1CCCCC1. The maximum absolute atomic E-state index is 12.9. The van der Waals surface area contributed by atoms with E-state index in [2.05, 4.69) is 10.6 Å². The molecule has 0 aliphatic heterocycles. The molecule has 160 valence electrons. The van der Waals surface area contributed by atoms with E-state index in [0.29, 0.717) is 17.0 Å². The van der Waals surface area contributed by atoms with Crippen LogP contribution in [0.25, 0.3) is 6.08 Å².